The van der Waals surface area contributed by atoms with Gasteiger partial charge in [-0.2, -0.15) is 0 Å². The van der Waals surface area contributed by atoms with Crippen LogP contribution in [-0.2, 0) is 9.59 Å². The van der Waals surface area contributed by atoms with Gasteiger partial charge in [0.15, 0.2) is 0 Å². The minimum absolute atomic E-state index is 0.247. The number of aryl methyl sites for hydroxylation is 1. The minimum atomic E-state index is -0.985. The van der Waals surface area contributed by atoms with Gasteiger partial charge in [0.2, 0.25) is 5.91 Å². The predicted octanol–water partition coefficient (Wildman–Crippen LogP) is 2.52. The minimum Gasteiger partial charge on any atom is -0.494 e. The van der Waals surface area contributed by atoms with E-state index in [2.05, 4.69) is 5.32 Å². The third kappa shape index (κ3) is 6.79. The van der Waals surface area contributed by atoms with Crippen molar-refractivity contribution in [1.29, 1.82) is 0 Å². The molecule has 0 aromatic heterocycles. The van der Waals surface area contributed by atoms with Crippen LogP contribution in [0.1, 0.15) is 38.2 Å². The standard InChI is InChI=1S/C16H23NO4/c1-3-5-14(16(19)20)17-15(18)6-4-11-21-13-9-7-12(2)8-10-13/h7-10,14H,3-6,11H2,1-2H3,(H,17,18)(H,19,20)/t14-/m0/s1. The Bertz CT molecular complexity index is 456. The van der Waals surface area contributed by atoms with E-state index in [1.807, 2.05) is 38.1 Å². The zero-order valence-corrected chi connectivity index (χ0v) is 12.6. The number of carbonyl (C=O) groups excluding carboxylic acids is 1. The van der Waals surface area contributed by atoms with Crippen molar-refractivity contribution < 1.29 is 19.4 Å². The van der Waals surface area contributed by atoms with Gasteiger partial charge in [-0.15, -0.1) is 0 Å². The number of rotatable bonds is 9. The summed E-state index contributed by atoms with van der Waals surface area (Å²) in [6.45, 7) is 4.32. The summed E-state index contributed by atoms with van der Waals surface area (Å²) in [5.74, 6) is -0.458. The fourth-order valence-electron chi connectivity index (χ4n) is 1.87. The molecule has 5 nitrogen and oxygen atoms in total. The highest BCUT2D eigenvalue weighted by Crippen LogP contribution is 2.11. The van der Waals surface area contributed by atoms with E-state index >= 15 is 0 Å². The Morgan fingerprint density at radius 1 is 1.29 bits per heavy atom. The van der Waals surface area contributed by atoms with Gasteiger partial charge in [-0.3, -0.25) is 4.79 Å². The number of benzene rings is 1. The third-order valence-electron chi connectivity index (χ3n) is 3.05. The van der Waals surface area contributed by atoms with Crippen molar-refractivity contribution in [2.75, 3.05) is 6.61 Å². The zero-order valence-electron chi connectivity index (χ0n) is 12.6. The van der Waals surface area contributed by atoms with Gasteiger partial charge in [-0.25, -0.2) is 4.79 Å². The number of hydrogen-bond donors (Lipinski definition) is 2. The molecule has 116 valence electrons. The first kappa shape index (κ1) is 17.0. The van der Waals surface area contributed by atoms with Gasteiger partial charge in [-0.1, -0.05) is 31.0 Å². The molecular formula is C16H23NO4. The summed E-state index contributed by atoms with van der Waals surface area (Å²) in [6, 6.07) is 6.91. The van der Waals surface area contributed by atoms with Crippen molar-refractivity contribution in [3.8, 4) is 5.75 Å². The molecular weight excluding hydrogens is 270 g/mol. The lowest BCUT2D eigenvalue weighted by atomic mass is 10.1. The quantitative estimate of drug-likeness (QED) is 0.686. The smallest absolute Gasteiger partial charge is 0.326 e. The Hall–Kier alpha value is -2.04. The Morgan fingerprint density at radius 3 is 2.52 bits per heavy atom. The van der Waals surface area contributed by atoms with Crippen LogP contribution in [0.15, 0.2) is 24.3 Å². The molecule has 1 aromatic carbocycles. The monoisotopic (exact) mass is 293 g/mol. The number of amides is 1. The van der Waals surface area contributed by atoms with Crippen molar-refractivity contribution in [3.63, 3.8) is 0 Å². The zero-order chi connectivity index (χ0) is 15.7. The van der Waals surface area contributed by atoms with Crippen molar-refractivity contribution in [3.05, 3.63) is 29.8 Å². The van der Waals surface area contributed by atoms with E-state index in [1.54, 1.807) is 0 Å². The van der Waals surface area contributed by atoms with Crippen LogP contribution in [0.3, 0.4) is 0 Å². The summed E-state index contributed by atoms with van der Waals surface area (Å²) < 4.78 is 5.52. The number of hydrogen-bond acceptors (Lipinski definition) is 3. The normalized spacial score (nSPS) is 11.7. The largest absolute Gasteiger partial charge is 0.494 e. The predicted molar refractivity (Wildman–Crippen MR) is 80.4 cm³/mol. The van der Waals surface area contributed by atoms with Crippen molar-refractivity contribution in [1.82, 2.24) is 5.32 Å². The summed E-state index contributed by atoms with van der Waals surface area (Å²) in [6.07, 6.45) is 1.98. The maximum Gasteiger partial charge on any atom is 0.326 e. The van der Waals surface area contributed by atoms with Crippen LogP contribution in [-0.4, -0.2) is 29.6 Å². The lowest BCUT2D eigenvalue weighted by molar-refractivity contribution is -0.142. The van der Waals surface area contributed by atoms with Gasteiger partial charge < -0.3 is 15.2 Å². The number of carbonyl (C=O) groups is 2. The molecule has 21 heavy (non-hydrogen) atoms. The van der Waals surface area contributed by atoms with Gasteiger partial charge in [0.25, 0.3) is 0 Å². The van der Waals surface area contributed by atoms with E-state index in [9.17, 15) is 9.59 Å². The van der Waals surface area contributed by atoms with E-state index in [1.165, 1.54) is 0 Å². The molecule has 1 aromatic rings. The van der Waals surface area contributed by atoms with Crippen LogP contribution >= 0.6 is 0 Å². The maximum absolute atomic E-state index is 11.7. The second-order valence-corrected chi connectivity index (χ2v) is 5.01. The Morgan fingerprint density at radius 2 is 1.95 bits per heavy atom. The average molecular weight is 293 g/mol. The van der Waals surface area contributed by atoms with Gasteiger partial charge in [0.1, 0.15) is 11.8 Å². The molecule has 0 unspecified atom stereocenters. The van der Waals surface area contributed by atoms with E-state index in [4.69, 9.17) is 9.84 Å². The molecule has 0 bridgehead atoms. The van der Waals surface area contributed by atoms with Crippen LogP contribution in [0.2, 0.25) is 0 Å². The first-order valence-corrected chi connectivity index (χ1v) is 7.24. The van der Waals surface area contributed by atoms with Crippen molar-refractivity contribution in [2.45, 2.75) is 45.6 Å². The molecule has 5 heteroatoms. The summed E-state index contributed by atoms with van der Waals surface area (Å²) in [4.78, 5) is 22.6. The van der Waals surface area contributed by atoms with Gasteiger partial charge in [-0.05, 0) is 31.9 Å². The molecule has 1 atom stereocenters. The molecule has 0 aliphatic heterocycles. The van der Waals surface area contributed by atoms with Gasteiger partial charge >= 0.3 is 5.97 Å². The molecule has 0 aliphatic rings. The van der Waals surface area contributed by atoms with Gasteiger partial charge in [0.05, 0.1) is 6.61 Å². The maximum atomic E-state index is 11.7. The lowest BCUT2D eigenvalue weighted by Crippen LogP contribution is -2.40. The molecule has 2 N–H and O–H groups in total. The molecule has 0 saturated carbocycles. The topological polar surface area (TPSA) is 75.6 Å². The first-order valence-electron chi connectivity index (χ1n) is 7.24. The number of aliphatic carboxylic acids is 1. The number of nitrogens with one attached hydrogen (secondary N) is 1. The molecule has 0 fully saturated rings. The van der Waals surface area contributed by atoms with Crippen LogP contribution in [0.5, 0.6) is 5.75 Å². The van der Waals surface area contributed by atoms with Crippen molar-refractivity contribution in [2.24, 2.45) is 0 Å². The Labute approximate surface area is 125 Å². The molecule has 0 spiro atoms. The highest BCUT2D eigenvalue weighted by Gasteiger charge is 2.18. The van der Waals surface area contributed by atoms with E-state index < -0.39 is 12.0 Å². The molecule has 0 saturated heterocycles. The Kier molecular flexibility index (Phi) is 7.29. The summed E-state index contributed by atoms with van der Waals surface area (Å²) in [5.41, 5.74) is 1.16. The highest BCUT2D eigenvalue weighted by atomic mass is 16.5. The lowest BCUT2D eigenvalue weighted by Gasteiger charge is -2.13. The second kappa shape index (κ2) is 9.00. The van der Waals surface area contributed by atoms with E-state index in [-0.39, 0.29) is 12.3 Å². The molecule has 1 rings (SSSR count). The van der Waals surface area contributed by atoms with E-state index in [0.29, 0.717) is 25.9 Å². The van der Waals surface area contributed by atoms with Gasteiger partial charge in [0, 0.05) is 6.42 Å². The summed E-state index contributed by atoms with van der Waals surface area (Å²) >= 11 is 0. The fraction of sp³-hybridized carbons (Fsp3) is 0.500. The highest BCUT2D eigenvalue weighted by molar-refractivity contribution is 5.83. The summed E-state index contributed by atoms with van der Waals surface area (Å²) in [5, 5.41) is 11.5. The van der Waals surface area contributed by atoms with Crippen LogP contribution in [0.25, 0.3) is 0 Å². The average Bonchev–Trinajstić information content (AvgIpc) is 2.45. The van der Waals surface area contributed by atoms with Crippen LogP contribution in [0.4, 0.5) is 0 Å². The number of ether oxygens (including phenoxy) is 1. The van der Waals surface area contributed by atoms with Crippen molar-refractivity contribution >= 4 is 11.9 Å². The second-order valence-electron chi connectivity index (χ2n) is 5.01. The van der Waals surface area contributed by atoms with E-state index in [0.717, 1.165) is 11.3 Å². The Balaban J connectivity index is 2.23. The van der Waals surface area contributed by atoms with Crippen LogP contribution in [0, 0.1) is 6.92 Å². The number of carboxylic acids is 1. The first-order chi connectivity index (χ1) is 10.0. The number of carboxylic acid groups (broad SMARTS) is 1. The molecule has 1 amide bonds. The fourth-order valence-corrected chi connectivity index (χ4v) is 1.87. The summed E-state index contributed by atoms with van der Waals surface area (Å²) in [7, 11) is 0. The molecule has 0 radical (unpaired) electrons. The SMILES string of the molecule is CCC[C@H](NC(=O)CCCOc1ccc(C)cc1)C(=O)O. The molecule has 0 heterocycles. The van der Waals surface area contributed by atoms with Crippen LogP contribution < -0.4 is 10.1 Å². The molecule has 0 aliphatic carbocycles. The third-order valence-corrected chi connectivity index (χ3v) is 3.05.